The van der Waals surface area contributed by atoms with E-state index in [0.29, 0.717) is 0 Å². The van der Waals surface area contributed by atoms with Crippen LogP contribution in [0.25, 0.3) is 11.0 Å². The summed E-state index contributed by atoms with van der Waals surface area (Å²) in [4.78, 5) is 4.59. The molecule has 0 amide bonds. The van der Waals surface area contributed by atoms with Crippen molar-refractivity contribution in [2.75, 3.05) is 5.32 Å². The molecule has 0 spiro atoms. The molecule has 2 heterocycles. The van der Waals surface area contributed by atoms with Gasteiger partial charge < -0.3 is 0 Å². The van der Waals surface area contributed by atoms with Gasteiger partial charge in [0.05, 0.1) is 0 Å². The molecule has 1 unspecified atom stereocenters. The van der Waals surface area contributed by atoms with Gasteiger partial charge in [-0.3, -0.25) is 0 Å². The number of nitrogens with zero attached hydrogens (tertiary/aromatic N) is 3. The first-order chi connectivity index (χ1) is 10.1. The van der Waals surface area contributed by atoms with E-state index < -0.39 is 0 Å². The molecule has 0 fully saturated rings. The molecule has 0 saturated carbocycles. The fourth-order valence-electron chi connectivity index (χ4n) is 2.92. The van der Waals surface area contributed by atoms with Crippen LogP contribution in [0.4, 0.5) is 5.69 Å². The quantitative estimate of drug-likeness (QED) is 0.741. The molecule has 108 valence electrons. The summed E-state index contributed by atoms with van der Waals surface area (Å²) in [5.74, 6) is 0. The molecule has 21 heavy (non-hydrogen) atoms. The molecule has 1 aromatic carbocycles. The van der Waals surface area contributed by atoms with Crippen LogP contribution in [0.3, 0.4) is 0 Å². The molecule has 1 N–H and O–H groups in total. The Balaban J connectivity index is 1.97. The summed E-state index contributed by atoms with van der Waals surface area (Å²) in [5, 5.41) is 3.58. The Morgan fingerprint density at radius 2 is 1.95 bits per heavy atom. The Morgan fingerprint density at radius 1 is 1.14 bits per heavy atom. The van der Waals surface area contributed by atoms with Gasteiger partial charge in [-0.05, 0) is 0 Å². The van der Waals surface area contributed by atoms with E-state index in [0.717, 1.165) is 28.1 Å². The Bertz CT molecular complexity index is 771. The Kier molecular flexibility index (Phi) is 3.79. The monoisotopic (exact) mass is 346 g/mol. The number of anilines is 1. The van der Waals surface area contributed by atoms with Crippen molar-refractivity contribution in [1.29, 1.82) is 0 Å². The van der Waals surface area contributed by atoms with Crippen LogP contribution >= 0.6 is 0 Å². The van der Waals surface area contributed by atoms with Gasteiger partial charge in [-0.15, -0.1) is 0 Å². The van der Waals surface area contributed by atoms with Crippen LogP contribution in [0, 0.1) is 20.8 Å². The van der Waals surface area contributed by atoms with Crippen LogP contribution in [0.2, 0.25) is 0 Å². The van der Waals surface area contributed by atoms with Gasteiger partial charge >= 0.3 is 130 Å². The number of pyridine rings is 1. The van der Waals surface area contributed by atoms with E-state index in [1.165, 1.54) is 11.1 Å². The van der Waals surface area contributed by atoms with E-state index in [9.17, 15) is 0 Å². The van der Waals surface area contributed by atoms with Crippen molar-refractivity contribution in [3.8, 4) is 0 Å². The first-order valence-corrected chi connectivity index (χ1v) is 8.52. The molecule has 0 aliphatic rings. The van der Waals surface area contributed by atoms with Gasteiger partial charge in [0.2, 0.25) is 0 Å². The van der Waals surface area contributed by atoms with Gasteiger partial charge in [0.25, 0.3) is 0 Å². The van der Waals surface area contributed by atoms with E-state index in [-0.39, 0.29) is 21.0 Å². The van der Waals surface area contributed by atoms with Gasteiger partial charge in [0, 0.05) is 0 Å². The zero-order valence-electron chi connectivity index (χ0n) is 12.6. The molecule has 0 aliphatic heterocycles. The van der Waals surface area contributed by atoms with Gasteiger partial charge in [-0.25, -0.2) is 0 Å². The standard InChI is InChI=1S/C16H18N4Se/c1-9-8-10(2)17-11(3)15(9)12(4)18-13-6-5-7-14-16(13)20-21-19-14/h5-8,12,18H,1-4H3. The molecule has 0 saturated heterocycles. The maximum absolute atomic E-state index is 4.59. The number of hydrogen-bond acceptors (Lipinski definition) is 4. The first-order valence-electron chi connectivity index (χ1n) is 6.99. The summed E-state index contributed by atoms with van der Waals surface area (Å²) in [5.41, 5.74) is 7.76. The topological polar surface area (TPSA) is 50.7 Å². The molecule has 3 rings (SSSR count). The van der Waals surface area contributed by atoms with Gasteiger partial charge in [0.1, 0.15) is 0 Å². The van der Waals surface area contributed by atoms with Crippen LogP contribution in [-0.4, -0.2) is 27.9 Å². The summed E-state index contributed by atoms with van der Waals surface area (Å²) < 4.78 is 8.95. The number of fused-ring (bicyclic) bond motifs is 1. The number of hydrogen-bond donors (Lipinski definition) is 1. The zero-order valence-corrected chi connectivity index (χ0v) is 14.3. The minimum absolute atomic E-state index is 0.000598. The third-order valence-corrected chi connectivity index (χ3v) is 4.81. The predicted octanol–water partition coefficient (Wildman–Crippen LogP) is 3.18. The number of aryl methyl sites for hydroxylation is 3. The molecule has 0 bridgehead atoms. The minimum atomic E-state index is 0.000598. The first kappa shape index (κ1) is 14.2. The summed E-state index contributed by atoms with van der Waals surface area (Å²) in [6.07, 6.45) is 0. The average Bonchev–Trinajstić information content (AvgIpc) is 2.86. The summed E-state index contributed by atoms with van der Waals surface area (Å²) in [6, 6.07) is 8.45. The van der Waals surface area contributed by atoms with E-state index in [1.807, 2.05) is 19.1 Å². The Labute approximate surface area is 130 Å². The van der Waals surface area contributed by atoms with E-state index in [1.54, 1.807) is 0 Å². The maximum atomic E-state index is 4.59. The third kappa shape index (κ3) is 2.71. The molecular formula is C16H18N4Se. The molecule has 2 aromatic heterocycles. The second-order valence-corrected chi connectivity index (χ2v) is 6.49. The van der Waals surface area contributed by atoms with Crippen LogP contribution < -0.4 is 5.32 Å². The van der Waals surface area contributed by atoms with Crippen molar-refractivity contribution in [3.63, 3.8) is 0 Å². The zero-order chi connectivity index (χ0) is 15.0. The van der Waals surface area contributed by atoms with E-state index in [2.05, 4.69) is 51.2 Å². The summed E-state index contributed by atoms with van der Waals surface area (Å²) in [7, 11) is 0. The Hall–Kier alpha value is -1.71. The second-order valence-electron chi connectivity index (χ2n) is 5.38. The molecule has 0 radical (unpaired) electrons. The predicted molar refractivity (Wildman–Crippen MR) is 87.0 cm³/mol. The van der Waals surface area contributed by atoms with Crippen LogP contribution in [0.5, 0.6) is 0 Å². The molecule has 4 nitrogen and oxygen atoms in total. The number of nitrogens with one attached hydrogen (secondary N) is 1. The third-order valence-electron chi connectivity index (χ3n) is 3.68. The number of aromatic nitrogens is 3. The van der Waals surface area contributed by atoms with E-state index >= 15 is 0 Å². The normalized spacial score (nSPS) is 12.6. The summed E-state index contributed by atoms with van der Waals surface area (Å²) in [6.45, 7) is 8.43. The number of benzene rings is 1. The van der Waals surface area contributed by atoms with Gasteiger partial charge in [0.15, 0.2) is 0 Å². The van der Waals surface area contributed by atoms with Crippen LogP contribution in [0.1, 0.15) is 35.5 Å². The van der Waals surface area contributed by atoms with Crippen LogP contribution in [0.15, 0.2) is 24.3 Å². The molecule has 5 heteroatoms. The van der Waals surface area contributed by atoms with Crippen molar-refractivity contribution >= 4 is 31.7 Å². The van der Waals surface area contributed by atoms with Gasteiger partial charge in [-0.2, -0.15) is 0 Å². The molecule has 0 aliphatic carbocycles. The fraction of sp³-hybridized carbons (Fsp3) is 0.312. The van der Waals surface area contributed by atoms with Crippen molar-refractivity contribution in [3.05, 3.63) is 46.8 Å². The molecular weight excluding hydrogens is 327 g/mol. The van der Waals surface area contributed by atoms with Crippen LogP contribution in [-0.2, 0) is 0 Å². The van der Waals surface area contributed by atoms with Gasteiger partial charge in [-0.1, -0.05) is 0 Å². The van der Waals surface area contributed by atoms with Crippen molar-refractivity contribution < 1.29 is 0 Å². The number of rotatable bonds is 3. The summed E-state index contributed by atoms with van der Waals surface area (Å²) >= 11 is 0.000598. The SMILES string of the molecule is Cc1cc(C)c(C(C)Nc2cccc3n[se]nc23)c(C)n1. The van der Waals surface area contributed by atoms with Crippen molar-refractivity contribution in [1.82, 2.24) is 12.9 Å². The fourth-order valence-corrected chi connectivity index (χ4v) is 4.07. The average molecular weight is 345 g/mol. The van der Waals surface area contributed by atoms with Crippen molar-refractivity contribution in [2.45, 2.75) is 33.7 Å². The van der Waals surface area contributed by atoms with Crippen molar-refractivity contribution in [2.24, 2.45) is 0 Å². The molecule has 3 aromatic rings. The molecule has 1 atom stereocenters. The Morgan fingerprint density at radius 3 is 2.71 bits per heavy atom. The van der Waals surface area contributed by atoms with E-state index in [4.69, 9.17) is 0 Å². The second kappa shape index (κ2) is 5.58.